The largest absolute Gasteiger partial charge is 0.449 e. The second-order valence-electron chi connectivity index (χ2n) is 5.00. The van der Waals surface area contributed by atoms with Crippen LogP contribution in [0.25, 0.3) is 0 Å². The SMILES string of the molecule is C[C@@H](OC(=O)c1ccc(Cl)c(N)c1)C(=O)Nc1ccc(F)c(F)c1F. The fourth-order valence-electron chi connectivity index (χ4n) is 1.81. The minimum atomic E-state index is -1.72. The molecule has 9 heteroatoms. The van der Waals surface area contributed by atoms with Crippen LogP contribution < -0.4 is 11.1 Å². The molecule has 1 atom stereocenters. The van der Waals surface area contributed by atoms with Crippen molar-refractivity contribution in [2.45, 2.75) is 13.0 Å². The number of esters is 1. The third kappa shape index (κ3) is 4.21. The number of rotatable bonds is 4. The third-order valence-electron chi connectivity index (χ3n) is 3.18. The number of anilines is 2. The minimum absolute atomic E-state index is 0.0561. The summed E-state index contributed by atoms with van der Waals surface area (Å²) in [6.45, 7) is 1.23. The highest BCUT2D eigenvalue weighted by molar-refractivity contribution is 6.33. The highest BCUT2D eigenvalue weighted by Crippen LogP contribution is 2.21. The van der Waals surface area contributed by atoms with Crippen LogP contribution in [0, 0.1) is 17.5 Å². The van der Waals surface area contributed by atoms with Crippen molar-refractivity contribution in [3.8, 4) is 0 Å². The first-order chi connectivity index (χ1) is 11.7. The quantitative estimate of drug-likeness (QED) is 0.489. The Balaban J connectivity index is 2.06. The maximum Gasteiger partial charge on any atom is 0.338 e. The molecule has 0 aliphatic carbocycles. The van der Waals surface area contributed by atoms with Crippen LogP contribution in [0.4, 0.5) is 24.5 Å². The Morgan fingerprint density at radius 3 is 2.48 bits per heavy atom. The summed E-state index contributed by atoms with van der Waals surface area (Å²) >= 11 is 5.74. The number of carbonyl (C=O) groups excluding carboxylic acids is 2. The molecule has 0 heterocycles. The lowest BCUT2D eigenvalue weighted by Gasteiger charge is -2.14. The highest BCUT2D eigenvalue weighted by atomic mass is 35.5. The van der Waals surface area contributed by atoms with E-state index in [1.165, 1.54) is 25.1 Å². The summed E-state index contributed by atoms with van der Waals surface area (Å²) in [6.07, 6.45) is -1.34. The maximum atomic E-state index is 13.5. The second-order valence-corrected chi connectivity index (χ2v) is 5.40. The van der Waals surface area contributed by atoms with Gasteiger partial charge in [0.25, 0.3) is 5.91 Å². The van der Waals surface area contributed by atoms with Crippen LogP contribution in [-0.2, 0) is 9.53 Å². The molecule has 0 aromatic heterocycles. The van der Waals surface area contributed by atoms with Crippen LogP contribution in [0.2, 0.25) is 5.02 Å². The van der Waals surface area contributed by atoms with E-state index < -0.39 is 41.1 Å². The summed E-state index contributed by atoms with van der Waals surface area (Å²) in [5, 5.41) is 2.26. The van der Waals surface area contributed by atoms with Crippen molar-refractivity contribution >= 4 is 34.9 Å². The predicted molar refractivity (Wildman–Crippen MR) is 85.7 cm³/mol. The molecule has 3 N–H and O–H groups in total. The van der Waals surface area contributed by atoms with Gasteiger partial charge in [-0.2, -0.15) is 0 Å². The van der Waals surface area contributed by atoms with Gasteiger partial charge < -0.3 is 15.8 Å². The lowest BCUT2D eigenvalue weighted by atomic mass is 10.2. The van der Waals surface area contributed by atoms with Gasteiger partial charge in [0.15, 0.2) is 23.6 Å². The topological polar surface area (TPSA) is 81.4 Å². The van der Waals surface area contributed by atoms with Gasteiger partial charge in [-0.1, -0.05) is 11.6 Å². The number of nitrogen functional groups attached to an aromatic ring is 1. The molecule has 2 aromatic carbocycles. The summed E-state index contributed by atoms with van der Waals surface area (Å²) in [5.41, 5.74) is 5.19. The molecule has 1 amide bonds. The van der Waals surface area contributed by atoms with Crippen LogP contribution in [0.5, 0.6) is 0 Å². The number of benzene rings is 2. The van der Waals surface area contributed by atoms with E-state index in [9.17, 15) is 22.8 Å². The summed E-state index contributed by atoms with van der Waals surface area (Å²) in [7, 11) is 0. The molecule has 0 spiro atoms. The van der Waals surface area contributed by atoms with Crippen molar-refractivity contribution in [3.05, 3.63) is 58.4 Å². The number of nitrogens with one attached hydrogen (secondary N) is 1. The summed E-state index contributed by atoms with van der Waals surface area (Å²) < 4.78 is 44.4. The van der Waals surface area contributed by atoms with Crippen molar-refractivity contribution in [1.29, 1.82) is 0 Å². The molecule has 0 fully saturated rings. The molecule has 0 aliphatic heterocycles. The van der Waals surface area contributed by atoms with Crippen LogP contribution in [0.15, 0.2) is 30.3 Å². The number of halogens is 4. The first kappa shape index (κ1) is 18.6. The van der Waals surface area contributed by atoms with Gasteiger partial charge in [0.05, 0.1) is 22.0 Å². The van der Waals surface area contributed by atoms with E-state index in [2.05, 4.69) is 0 Å². The van der Waals surface area contributed by atoms with Crippen molar-refractivity contribution in [3.63, 3.8) is 0 Å². The van der Waals surface area contributed by atoms with E-state index >= 15 is 0 Å². The normalized spacial score (nSPS) is 11.7. The second kappa shape index (κ2) is 7.43. The van der Waals surface area contributed by atoms with E-state index in [4.69, 9.17) is 22.1 Å². The molecular formula is C16H12ClF3N2O3. The molecular weight excluding hydrogens is 361 g/mol. The first-order valence-corrected chi connectivity index (χ1v) is 7.29. The molecule has 0 unspecified atom stereocenters. The van der Waals surface area contributed by atoms with E-state index in [1.807, 2.05) is 5.32 Å². The molecule has 0 saturated heterocycles. The number of carbonyl (C=O) groups is 2. The maximum absolute atomic E-state index is 13.5. The van der Waals surface area contributed by atoms with E-state index in [-0.39, 0.29) is 16.3 Å². The number of hydrogen-bond acceptors (Lipinski definition) is 4. The summed E-state index contributed by atoms with van der Waals surface area (Å²) in [4.78, 5) is 23.9. The third-order valence-corrected chi connectivity index (χ3v) is 3.52. The zero-order valence-corrected chi connectivity index (χ0v) is 13.5. The average molecular weight is 373 g/mol. The van der Waals surface area contributed by atoms with E-state index in [1.54, 1.807) is 0 Å². The molecule has 0 radical (unpaired) electrons. The van der Waals surface area contributed by atoms with Crippen LogP contribution in [0.3, 0.4) is 0 Å². The molecule has 5 nitrogen and oxygen atoms in total. The van der Waals surface area contributed by atoms with Crippen molar-refractivity contribution in [1.82, 2.24) is 0 Å². The van der Waals surface area contributed by atoms with Gasteiger partial charge in [-0.05, 0) is 37.3 Å². The van der Waals surface area contributed by atoms with Gasteiger partial charge in [0, 0.05) is 0 Å². The van der Waals surface area contributed by atoms with E-state index in [0.29, 0.717) is 6.07 Å². The molecule has 25 heavy (non-hydrogen) atoms. The van der Waals surface area contributed by atoms with Crippen molar-refractivity contribution < 1.29 is 27.5 Å². The zero-order chi connectivity index (χ0) is 18.7. The summed E-state index contributed by atoms with van der Waals surface area (Å²) in [5.74, 6) is -6.47. The zero-order valence-electron chi connectivity index (χ0n) is 12.8. The highest BCUT2D eigenvalue weighted by Gasteiger charge is 2.22. The molecule has 2 aromatic rings. The van der Waals surface area contributed by atoms with E-state index in [0.717, 1.165) is 6.07 Å². The van der Waals surface area contributed by atoms with Gasteiger partial charge >= 0.3 is 5.97 Å². The lowest BCUT2D eigenvalue weighted by Crippen LogP contribution is -2.30. The Morgan fingerprint density at radius 1 is 1.16 bits per heavy atom. The Bertz CT molecular complexity index is 846. The fourth-order valence-corrected chi connectivity index (χ4v) is 1.93. The van der Waals surface area contributed by atoms with Gasteiger partial charge in [0.1, 0.15) is 0 Å². The Morgan fingerprint density at radius 2 is 1.84 bits per heavy atom. The minimum Gasteiger partial charge on any atom is -0.449 e. The molecule has 0 bridgehead atoms. The number of ether oxygens (including phenoxy) is 1. The van der Waals surface area contributed by atoms with Crippen LogP contribution in [-0.4, -0.2) is 18.0 Å². The first-order valence-electron chi connectivity index (χ1n) is 6.91. The number of nitrogens with two attached hydrogens (primary N) is 1. The predicted octanol–water partition coefficient (Wildman–Crippen LogP) is 3.52. The van der Waals surface area contributed by atoms with Crippen molar-refractivity contribution in [2.75, 3.05) is 11.1 Å². The fraction of sp³-hybridized carbons (Fsp3) is 0.125. The number of hydrogen-bond donors (Lipinski definition) is 2. The molecule has 0 saturated carbocycles. The summed E-state index contributed by atoms with van der Waals surface area (Å²) in [6, 6.07) is 5.50. The lowest BCUT2D eigenvalue weighted by molar-refractivity contribution is -0.123. The van der Waals surface area contributed by atoms with Gasteiger partial charge in [0.2, 0.25) is 0 Å². The number of amides is 1. The average Bonchev–Trinajstić information content (AvgIpc) is 2.57. The molecule has 2 rings (SSSR count). The van der Waals surface area contributed by atoms with Crippen molar-refractivity contribution in [2.24, 2.45) is 0 Å². The van der Waals surface area contributed by atoms with Gasteiger partial charge in [-0.15, -0.1) is 0 Å². The Hall–Kier alpha value is -2.74. The Kier molecular flexibility index (Phi) is 5.53. The Labute approximate surface area is 145 Å². The van der Waals surface area contributed by atoms with Crippen LogP contribution in [0.1, 0.15) is 17.3 Å². The van der Waals surface area contributed by atoms with Gasteiger partial charge in [-0.25, -0.2) is 18.0 Å². The molecule has 0 aliphatic rings. The smallest absolute Gasteiger partial charge is 0.338 e. The molecule has 132 valence electrons. The monoisotopic (exact) mass is 372 g/mol. The van der Waals surface area contributed by atoms with Crippen LogP contribution >= 0.6 is 11.6 Å². The standard InChI is InChI=1S/C16H12ClF3N2O3/c1-7(25-16(24)8-2-3-9(17)11(21)6-8)15(23)22-12-5-4-10(18)13(19)14(12)20/h2-7H,21H2,1H3,(H,22,23)/t7-/m1/s1. The van der Waals surface area contributed by atoms with Gasteiger partial charge in [-0.3, -0.25) is 4.79 Å².